The van der Waals surface area contributed by atoms with Gasteiger partial charge in [0.1, 0.15) is 17.0 Å². The third kappa shape index (κ3) is 6.21. The van der Waals surface area contributed by atoms with Crippen LogP contribution >= 0.6 is 0 Å². The summed E-state index contributed by atoms with van der Waals surface area (Å²) in [6.45, 7) is 6.01. The number of aliphatic hydroxyl groups is 4. The molecule has 0 radical (unpaired) electrons. The Balaban J connectivity index is 1.93. The molecule has 1 atom stereocenters. The van der Waals surface area contributed by atoms with Crippen LogP contribution in [0.3, 0.4) is 0 Å². The maximum Gasteiger partial charge on any atom is 0.304 e. The number of aliphatic hydroxyl groups excluding tert-OH is 4. The average molecular weight is 627 g/mol. The van der Waals surface area contributed by atoms with E-state index in [0.29, 0.717) is 15.6 Å². The number of allylic oxidation sites excluding steroid dienone is 3. The number of aliphatic imine (C=N–C) groups is 1. The predicted octanol–water partition coefficient (Wildman–Crippen LogP) is 3.15. The van der Waals surface area contributed by atoms with Crippen molar-refractivity contribution in [1.82, 2.24) is 29.4 Å². The third-order valence-corrected chi connectivity index (χ3v) is 6.68. The lowest BCUT2D eigenvalue weighted by Crippen LogP contribution is -2.37. The normalized spacial score (nSPS) is 13.0. The molecule has 0 aliphatic rings. The summed E-state index contributed by atoms with van der Waals surface area (Å²) in [5.41, 5.74) is 5.43. The van der Waals surface area contributed by atoms with Crippen LogP contribution in [-0.4, -0.2) is 62.6 Å². The van der Waals surface area contributed by atoms with E-state index in [1.807, 2.05) is 0 Å². The Hall–Kier alpha value is -6.56. The van der Waals surface area contributed by atoms with Crippen LogP contribution in [0.15, 0.2) is 82.0 Å². The van der Waals surface area contributed by atoms with E-state index in [0.717, 1.165) is 6.92 Å². The third-order valence-electron chi connectivity index (χ3n) is 6.68. The molecule has 15 nitrogen and oxygen atoms in total. The fourth-order valence-electron chi connectivity index (χ4n) is 4.49. The van der Waals surface area contributed by atoms with Crippen molar-refractivity contribution in [1.29, 1.82) is 0 Å². The average Bonchev–Trinajstić information content (AvgIpc) is 3.57. The molecule has 4 rings (SSSR count). The molecule has 0 bridgehead atoms. The number of nitrogens with one attached hydrogen (secondary N) is 1. The number of pyridine rings is 1. The molecule has 46 heavy (non-hydrogen) atoms. The highest BCUT2D eigenvalue weighted by molar-refractivity contribution is 6.04. The molecule has 15 heteroatoms. The molecule has 236 valence electrons. The first-order chi connectivity index (χ1) is 21.8. The van der Waals surface area contributed by atoms with Crippen molar-refractivity contribution < 1.29 is 30.0 Å². The topological polar surface area (TPSA) is 223 Å². The van der Waals surface area contributed by atoms with Crippen molar-refractivity contribution in [3.05, 3.63) is 105 Å². The fourth-order valence-corrected chi connectivity index (χ4v) is 4.49. The molecule has 0 aliphatic heterocycles. The van der Waals surface area contributed by atoms with Gasteiger partial charge in [0.15, 0.2) is 17.4 Å². The Labute approximate surface area is 261 Å². The quantitative estimate of drug-likeness (QED) is 0.0578. The van der Waals surface area contributed by atoms with Gasteiger partial charge in [-0.05, 0) is 43.4 Å². The SMILES string of the molecule is C=C/C=N\c1c(C(=O)NC(C)c2cc3cccc(C#Cc4ccn(C)n4)c3c(=O)n2C(=O)/C(O)=C(/O)C(O)=C(C)O)c(N)nn1C. The highest BCUT2D eigenvalue weighted by atomic mass is 16.4. The van der Waals surface area contributed by atoms with Gasteiger partial charge < -0.3 is 31.5 Å². The maximum absolute atomic E-state index is 14.1. The Kier molecular flexibility index (Phi) is 9.13. The number of carbonyl (C=O) groups excluding carboxylic acids is 2. The second kappa shape index (κ2) is 13.0. The summed E-state index contributed by atoms with van der Waals surface area (Å²) in [5, 5.41) is 51.7. The summed E-state index contributed by atoms with van der Waals surface area (Å²) in [7, 11) is 3.24. The van der Waals surface area contributed by atoms with E-state index in [-0.39, 0.29) is 33.8 Å². The number of aromatic nitrogens is 5. The molecule has 7 N–H and O–H groups in total. The number of fused-ring (bicyclic) bond motifs is 1. The Morgan fingerprint density at radius 3 is 2.43 bits per heavy atom. The lowest BCUT2D eigenvalue weighted by atomic mass is 10.0. The minimum absolute atomic E-state index is 0.0236. The zero-order valence-corrected chi connectivity index (χ0v) is 25.2. The van der Waals surface area contributed by atoms with Crippen LogP contribution in [0.5, 0.6) is 0 Å². The van der Waals surface area contributed by atoms with E-state index in [2.05, 4.69) is 38.9 Å². The number of rotatable bonds is 7. The molecule has 0 fully saturated rings. The van der Waals surface area contributed by atoms with E-state index in [9.17, 15) is 34.8 Å². The molecular weight excluding hydrogens is 596 g/mol. The van der Waals surface area contributed by atoms with Gasteiger partial charge in [-0.15, -0.1) is 0 Å². The van der Waals surface area contributed by atoms with Gasteiger partial charge in [0.25, 0.3) is 11.5 Å². The molecule has 3 aromatic heterocycles. The molecule has 1 aromatic carbocycles. The molecule has 0 spiro atoms. The first kappa shape index (κ1) is 32.4. The zero-order chi connectivity index (χ0) is 33.9. The van der Waals surface area contributed by atoms with E-state index < -0.39 is 46.5 Å². The highest BCUT2D eigenvalue weighted by Crippen LogP contribution is 2.26. The minimum Gasteiger partial charge on any atom is -0.509 e. The smallest absolute Gasteiger partial charge is 0.304 e. The number of nitrogen functional groups attached to an aromatic ring is 1. The Morgan fingerprint density at radius 1 is 1.09 bits per heavy atom. The minimum atomic E-state index is -1.47. The molecule has 4 aromatic rings. The monoisotopic (exact) mass is 626 g/mol. The molecular formula is C31H30N8O7. The van der Waals surface area contributed by atoms with Crippen LogP contribution in [0.2, 0.25) is 0 Å². The number of nitrogens with zero attached hydrogens (tertiary/aromatic N) is 6. The van der Waals surface area contributed by atoms with Crippen LogP contribution in [0.25, 0.3) is 10.8 Å². The number of hydrogen-bond acceptors (Lipinski definition) is 11. The molecule has 0 saturated heterocycles. The number of benzene rings is 1. The second-order valence-corrected chi connectivity index (χ2v) is 9.96. The molecule has 1 unspecified atom stereocenters. The Bertz CT molecular complexity index is 2120. The number of carbonyl (C=O) groups is 2. The van der Waals surface area contributed by atoms with E-state index >= 15 is 0 Å². The number of amides is 1. The summed E-state index contributed by atoms with van der Waals surface area (Å²) in [6, 6.07) is 6.75. The number of anilines is 1. The van der Waals surface area contributed by atoms with Crippen molar-refractivity contribution in [2.24, 2.45) is 19.1 Å². The summed E-state index contributed by atoms with van der Waals surface area (Å²) < 4.78 is 3.36. The number of aryl methyl sites for hydroxylation is 2. The van der Waals surface area contributed by atoms with Gasteiger partial charge in [0.2, 0.25) is 11.5 Å². The van der Waals surface area contributed by atoms with Crippen molar-refractivity contribution in [3.63, 3.8) is 0 Å². The fraction of sp³-hybridized carbons (Fsp3) is 0.161. The van der Waals surface area contributed by atoms with E-state index in [1.165, 1.54) is 37.0 Å². The summed E-state index contributed by atoms with van der Waals surface area (Å²) in [6.07, 6.45) is 4.42. The van der Waals surface area contributed by atoms with Gasteiger partial charge >= 0.3 is 5.91 Å². The van der Waals surface area contributed by atoms with E-state index in [4.69, 9.17) is 5.73 Å². The van der Waals surface area contributed by atoms with Crippen LogP contribution in [0, 0.1) is 11.8 Å². The summed E-state index contributed by atoms with van der Waals surface area (Å²) in [5.74, 6) is -1.37. The van der Waals surface area contributed by atoms with Crippen LogP contribution < -0.4 is 16.6 Å². The molecule has 1 amide bonds. The van der Waals surface area contributed by atoms with Crippen LogP contribution in [-0.2, 0) is 14.1 Å². The van der Waals surface area contributed by atoms with Crippen molar-refractivity contribution in [3.8, 4) is 11.8 Å². The highest BCUT2D eigenvalue weighted by Gasteiger charge is 2.29. The number of hydrogen-bond donors (Lipinski definition) is 6. The lowest BCUT2D eigenvalue weighted by molar-refractivity contribution is 0.0864. The lowest BCUT2D eigenvalue weighted by Gasteiger charge is -2.20. The van der Waals surface area contributed by atoms with Crippen LogP contribution in [0.1, 0.15) is 52.0 Å². The first-order valence-electron chi connectivity index (χ1n) is 13.5. The van der Waals surface area contributed by atoms with Gasteiger partial charge in [0.05, 0.1) is 17.1 Å². The standard InChI is InChI=1S/C31H30N8O7/c1-6-13-33-28-23(27(32)36-38(28)5)29(44)34-16(2)21-15-19-9-7-8-18(10-11-20-12-14-37(4)35-20)22(19)30(45)39(21)31(46)26(43)25(42)24(41)17(3)40/h6-9,12-16,40-43H,1H2,2-5H3,(H2,32,36)(H,34,44)/b24-17?,26-25-,33-13-. The van der Waals surface area contributed by atoms with Crippen LogP contribution in [0.4, 0.5) is 11.6 Å². The van der Waals surface area contributed by atoms with Gasteiger partial charge in [-0.25, -0.2) is 14.2 Å². The summed E-state index contributed by atoms with van der Waals surface area (Å²) >= 11 is 0. The van der Waals surface area contributed by atoms with Gasteiger partial charge in [0, 0.05) is 32.1 Å². The largest absolute Gasteiger partial charge is 0.509 e. The Morgan fingerprint density at radius 2 is 1.80 bits per heavy atom. The summed E-state index contributed by atoms with van der Waals surface area (Å²) in [4.78, 5) is 45.3. The van der Waals surface area contributed by atoms with Gasteiger partial charge in [-0.3, -0.25) is 19.1 Å². The first-order valence-corrected chi connectivity index (χ1v) is 13.5. The zero-order valence-electron chi connectivity index (χ0n) is 25.2. The number of nitrogens with two attached hydrogens (primary N) is 1. The van der Waals surface area contributed by atoms with E-state index in [1.54, 1.807) is 42.2 Å². The van der Waals surface area contributed by atoms with Crippen molar-refractivity contribution in [2.75, 3.05) is 5.73 Å². The van der Waals surface area contributed by atoms with Gasteiger partial charge in [-0.1, -0.05) is 30.7 Å². The second-order valence-electron chi connectivity index (χ2n) is 9.96. The molecule has 0 saturated carbocycles. The maximum atomic E-state index is 14.1. The van der Waals surface area contributed by atoms with Gasteiger partial charge in [-0.2, -0.15) is 10.2 Å². The molecule has 3 heterocycles. The predicted molar refractivity (Wildman–Crippen MR) is 170 cm³/mol. The van der Waals surface area contributed by atoms with Crippen molar-refractivity contribution in [2.45, 2.75) is 19.9 Å². The van der Waals surface area contributed by atoms with Crippen molar-refractivity contribution >= 4 is 40.4 Å². The molecule has 0 aliphatic carbocycles.